The largest absolute Gasteiger partial charge is 0.469 e. The predicted octanol–water partition coefficient (Wildman–Crippen LogP) is 2.27. The number of carbonyl (C=O) groups is 2. The first-order valence-electron chi connectivity index (χ1n) is 7.01. The van der Waals surface area contributed by atoms with Gasteiger partial charge in [-0.3, -0.25) is 14.6 Å². The minimum absolute atomic E-state index is 0.00932. The first-order valence-corrected chi connectivity index (χ1v) is 7.01. The minimum atomic E-state index is -0.497. The van der Waals surface area contributed by atoms with Crippen molar-refractivity contribution in [1.82, 2.24) is 9.88 Å². The van der Waals surface area contributed by atoms with E-state index >= 15 is 0 Å². The maximum absolute atomic E-state index is 12.6. The van der Waals surface area contributed by atoms with Crippen LogP contribution >= 0.6 is 0 Å². The van der Waals surface area contributed by atoms with Crippen molar-refractivity contribution in [1.29, 1.82) is 0 Å². The molecule has 5 nitrogen and oxygen atoms in total. The number of hydrogen-bond acceptors (Lipinski definition) is 4. The Labute approximate surface area is 126 Å². The van der Waals surface area contributed by atoms with E-state index in [2.05, 4.69) is 4.98 Å². The fourth-order valence-corrected chi connectivity index (χ4v) is 2.01. The topological polar surface area (TPSA) is 59.5 Å². The first kappa shape index (κ1) is 17.1. The zero-order chi connectivity index (χ0) is 16.0. The van der Waals surface area contributed by atoms with Crippen LogP contribution in [0.4, 0.5) is 0 Å². The van der Waals surface area contributed by atoms with Crippen molar-refractivity contribution < 1.29 is 14.3 Å². The van der Waals surface area contributed by atoms with Crippen LogP contribution in [0, 0.1) is 11.3 Å². The molecular weight excluding hydrogens is 268 g/mol. The van der Waals surface area contributed by atoms with Crippen molar-refractivity contribution in [3.05, 3.63) is 30.1 Å². The lowest BCUT2D eigenvalue weighted by Gasteiger charge is -2.31. The molecule has 1 aromatic rings. The van der Waals surface area contributed by atoms with Gasteiger partial charge >= 0.3 is 5.97 Å². The normalized spacial score (nSPS) is 12.6. The van der Waals surface area contributed by atoms with Crippen molar-refractivity contribution in [3.8, 4) is 0 Å². The van der Waals surface area contributed by atoms with Gasteiger partial charge in [-0.15, -0.1) is 0 Å². The highest BCUT2D eigenvalue weighted by atomic mass is 16.5. The van der Waals surface area contributed by atoms with Crippen LogP contribution in [0.3, 0.4) is 0 Å². The molecule has 1 heterocycles. The van der Waals surface area contributed by atoms with Crippen LogP contribution in [-0.2, 0) is 20.9 Å². The SMILES string of the molecule is COC(=O)C(C)CN(Cc1ccncc1)C(=O)C(C)(C)C. The Morgan fingerprint density at radius 3 is 2.33 bits per heavy atom. The molecule has 0 bridgehead atoms. The third-order valence-electron chi connectivity index (χ3n) is 3.15. The number of amides is 1. The molecule has 5 heteroatoms. The predicted molar refractivity (Wildman–Crippen MR) is 80.3 cm³/mol. The van der Waals surface area contributed by atoms with E-state index in [1.165, 1.54) is 7.11 Å². The van der Waals surface area contributed by atoms with Crippen LogP contribution in [-0.4, -0.2) is 35.4 Å². The van der Waals surface area contributed by atoms with Gasteiger partial charge < -0.3 is 9.64 Å². The number of rotatable bonds is 5. The molecule has 0 N–H and O–H groups in total. The van der Waals surface area contributed by atoms with Gasteiger partial charge in [0.05, 0.1) is 13.0 Å². The number of pyridine rings is 1. The Kier molecular flexibility index (Phi) is 5.88. The first-order chi connectivity index (χ1) is 9.75. The van der Waals surface area contributed by atoms with Crippen LogP contribution in [0.2, 0.25) is 0 Å². The van der Waals surface area contributed by atoms with Gasteiger partial charge in [0.25, 0.3) is 0 Å². The molecule has 1 amide bonds. The van der Waals surface area contributed by atoms with Gasteiger partial charge in [-0.2, -0.15) is 0 Å². The second-order valence-corrected chi connectivity index (χ2v) is 6.22. The molecule has 1 aromatic heterocycles. The molecule has 1 rings (SSSR count). The zero-order valence-corrected chi connectivity index (χ0v) is 13.4. The van der Waals surface area contributed by atoms with Crippen LogP contribution < -0.4 is 0 Å². The summed E-state index contributed by atoms with van der Waals surface area (Å²) in [4.78, 5) is 29.9. The molecule has 0 saturated heterocycles. The van der Waals surface area contributed by atoms with Gasteiger partial charge in [-0.25, -0.2) is 0 Å². The summed E-state index contributed by atoms with van der Waals surface area (Å²) in [6, 6.07) is 3.73. The van der Waals surface area contributed by atoms with Crippen molar-refractivity contribution in [2.45, 2.75) is 34.2 Å². The molecule has 21 heavy (non-hydrogen) atoms. The summed E-state index contributed by atoms with van der Waals surface area (Å²) in [5, 5.41) is 0. The highest BCUT2D eigenvalue weighted by molar-refractivity contribution is 5.82. The second-order valence-electron chi connectivity index (χ2n) is 6.22. The summed E-state index contributed by atoms with van der Waals surface area (Å²) in [7, 11) is 1.36. The third kappa shape index (κ3) is 5.17. The van der Waals surface area contributed by atoms with Crippen molar-refractivity contribution in [3.63, 3.8) is 0 Å². The van der Waals surface area contributed by atoms with Gasteiger partial charge in [-0.05, 0) is 17.7 Å². The van der Waals surface area contributed by atoms with E-state index in [0.29, 0.717) is 13.1 Å². The zero-order valence-electron chi connectivity index (χ0n) is 13.4. The van der Waals surface area contributed by atoms with E-state index in [-0.39, 0.29) is 17.8 Å². The summed E-state index contributed by atoms with van der Waals surface area (Å²) < 4.78 is 4.74. The monoisotopic (exact) mass is 292 g/mol. The Morgan fingerprint density at radius 1 is 1.29 bits per heavy atom. The summed E-state index contributed by atoms with van der Waals surface area (Å²) >= 11 is 0. The molecule has 116 valence electrons. The number of nitrogens with zero attached hydrogens (tertiary/aromatic N) is 2. The van der Waals surface area contributed by atoms with E-state index in [0.717, 1.165) is 5.56 Å². The average Bonchev–Trinajstić information content (AvgIpc) is 2.44. The van der Waals surface area contributed by atoms with Gasteiger partial charge in [0.1, 0.15) is 0 Å². The second kappa shape index (κ2) is 7.20. The lowest BCUT2D eigenvalue weighted by Crippen LogP contribution is -2.42. The molecule has 1 unspecified atom stereocenters. The number of carbonyl (C=O) groups excluding carboxylic acids is 2. The number of methoxy groups -OCH3 is 1. The lowest BCUT2D eigenvalue weighted by atomic mass is 9.94. The molecule has 0 spiro atoms. The van der Waals surface area contributed by atoms with Gasteiger partial charge in [0, 0.05) is 30.9 Å². The molecule has 1 atom stereocenters. The number of ether oxygens (including phenoxy) is 1. The van der Waals surface area contributed by atoms with Crippen LogP contribution in [0.5, 0.6) is 0 Å². The van der Waals surface area contributed by atoms with Crippen LogP contribution in [0.15, 0.2) is 24.5 Å². The quantitative estimate of drug-likeness (QED) is 0.781. The van der Waals surface area contributed by atoms with Crippen LogP contribution in [0.25, 0.3) is 0 Å². The Bertz CT molecular complexity index is 480. The number of hydrogen-bond donors (Lipinski definition) is 0. The Morgan fingerprint density at radius 2 is 1.86 bits per heavy atom. The third-order valence-corrected chi connectivity index (χ3v) is 3.15. The summed E-state index contributed by atoms with van der Waals surface area (Å²) in [6.07, 6.45) is 3.39. The van der Waals surface area contributed by atoms with Crippen LogP contribution in [0.1, 0.15) is 33.3 Å². The fourth-order valence-electron chi connectivity index (χ4n) is 2.01. The van der Waals surface area contributed by atoms with E-state index in [1.54, 1.807) is 24.2 Å². The lowest BCUT2D eigenvalue weighted by molar-refractivity contribution is -0.148. The van der Waals surface area contributed by atoms with Crippen molar-refractivity contribution >= 4 is 11.9 Å². The van der Waals surface area contributed by atoms with Crippen molar-refractivity contribution in [2.75, 3.05) is 13.7 Å². The van der Waals surface area contributed by atoms with Crippen molar-refractivity contribution in [2.24, 2.45) is 11.3 Å². The van der Waals surface area contributed by atoms with Gasteiger partial charge in [0.15, 0.2) is 0 Å². The van der Waals surface area contributed by atoms with E-state index in [4.69, 9.17) is 4.74 Å². The molecule has 0 aliphatic rings. The van der Waals surface area contributed by atoms with Gasteiger partial charge in [0.2, 0.25) is 5.91 Å². The Balaban J connectivity index is 2.90. The highest BCUT2D eigenvalue weighted by Gasteiger charge is 2.29. The van der Waals surface area contributed by atoms with E-state index in [9.17, 15) is 9.59 Å². The standard InChI is InChI=1S/C16H24N2O3/c1-12(14(19)21-5)10-18(15(20)16(2,3)4)11-13-6-8-17-9-7-13/h6-9,12H,10-11H2,1-5H3. The Hall–Kier alpha value is -1.91. The number of esters is 1. The van der Waals surface area contributed by atoms with Gasteiger partial charge in [-0.1, -0.05) is 27.7 Å². The molecule has 0 fully saturated rings. The maximum atomic E-state index is 12.6. The van der Waals surface area contributed by atoms with E-state index in [1.807, 2.05) is 32.9 Å². The number of aromatic nitrogens is 1. The maximum Gasteiger partial charge on any atom is 0.310 e. The molecule has 0 aliphatic carbocycles. The average molecular weight is 292 g/mol. The summed E-state index contributed by atoms with van der Waals surface area (Å²) in [5.41, 5.74) is 0.489. The highest BCUT2D eigenvalue weighted by Crippen LogP contribution is 2.20. The molecule has 0 aliphatic heterocycles. The molecule has 0 aromatic carbocycles. The minimum Gasteiger partial charge on any atom is -0.469 e. The fraction of sp³-hybridized carbons (Fsp3) is 0.562. The van der Waals surface area contributed by atoms with E-state index < -0.39 is 5.41 Å². The molecule has 0 saturated carbocycles. The molecule has 0 radical (unpaired) electrons. The smallest absolute Gasteiger partial charge is 0.310 e. The summed E-state index contributed by atoms with van der Waals surface area (Å²) in [6.45, 7) is 8.18. The molecular formula is C16H24N2O3. The summed E-state index contributed by atoms with van der Waals surface area (Å²) in [5.74, 6) is -0.658.